The smallest absolute Gasteiger partial charge is 0.335 e. The second kappa shape index (κ2) is 4.65. The average Bonchev–Trinajstić information content (AvgIpc) is 1.89. The summed E-state index contributed by atoms with van der Waals surface area (Å²) in [6.07, 6.45) is 0. The van der Waals surface area contributed by atoms with Gasteiger partial charge in [0.15, 0.2) is 0 Å². The van der Waals surface area contributed by atoms with E-state index in [9.17, 15) is 0 Å². The van der Waals surface area contributed by atoms with Gasteiger partial charge in [-0.2, -0.15) is 0 Å². The molecule has 0 aromatic heterocycles. The summed E-state index contributed by atoms with van der Waals surface area (Å²) in [7, 11) is 1.74. The SMILES string of the molecule is CO[Si](C)(CCI)OC. The summed E-state index contributed by atoms with van der Waals surface area (Å²) < 4.78 is 11.6. The highest BCUT2D eigenvalue weighted by atomic mass is 127. The molecule has 0 atom stereocenters. The van der Waals surface area contributed by atoms with Crippen LogP contribution in [0.2, 0.25) is 12.6 Å². The first-order valence-corrected chi connectivity index (χ1v) is 6.89. The van der Waals surface area contributed by atoms with Crippen molar-refractivity contribution in [1.29, 1.82) is 0 Å². The van der Waals surface area contributed by atoms with Gasteiger partial charge in [0.05, 0.1) is 0 Å². The van der Waals surface area contributed by atoms with Crippen LogP contribution >= 0.6 is 22.6 Å². The molecule has 0 unspecified atom stereocenters. The molecule has 2 nitrogen and oxygen atoms in total. The average molecular weight is 260 g/mol. The first-order valence-electron chi connectivity index (χ1n) is 2.85. The van der Waals surface area contributed by atoms with Crippen molar-refractivity contribution in [1.82, 2.24) is 0 Å². The Morgan fingerprint density at radius 3 is 1.89 bits per heavy atom. The number of alkyl halides is 1. The van der Waals surface area contributed by atoms with Crippen molar-refractivity contribution in [2.24, 2.45) is 0 Å². The Kier molecular flexibility index (Phi) is 5.09. The third-order valence-corrected chi connectivity index (χ3v) is 5.85. The molecule has 0 N–H and O–H groups in total. The van der Waals surface area contributed by atoms with Crippen molar-refractivity contribution in [2.45, 2.75) is 12.6 Å². The normalized spacial score (nSPS) is 12.0. The molecule has 56 valence electrons. The van der Waals surface area contributed by atoms with Crippen LogP contribution in [0.1, 0.15) is 0 Å². The standard InChI is InChI=1S/C5H13IO2Si/c1-7-9(3,8-2)5-4-6/h4-5H2,1-3H3. The molecule has 0 amide bonds. The number of rotatable bonds is 4. The van der Waals surface area contributed by atoms with Crippen LogP contribution in [0.25, 0.3) is 0 Å². The lowest BCUT2D eigenvalue weighted by Crippen LogP contribution is -2.36. The lowest BCUT2D eigenvalue weighted by Gasteiger charge is -2.21. The highest BCUT2D eigenvalue weighted by molar-refractivity contribution is 14.1. The van der Waals surface area contributed by atoms with Crippen molar-refractivity contribution in [3.8, 4) is 0 Å². The third kappa shape index (κ3) is 3.54. The molecule has 4 heteroatoms. The van der Waals surface area contributed by atoms with Crippen LogP contribution in [0.4, 0.5) is 0 Å². The van der Waals surface area contributed by atoms with E-state index in [1.165, 1.54) is 0 Å². The maximum absolute atomic E-state index is 5.24. The Labute approximate surface area is 71.3 Å². The van der Waals surface area contributed by atoms with Crippen LogP contribution in [0.3, 0.4) is 0 Å². The minimum atomic E-state index is -1.70. The van der Waals surface area contributed by atoms with Crippen molar-refractivity contribution in [3.63, 3.8) is 0 Å². The Hall–Kier alpha value is 0.867. The molecule has 0 rings (SSSR count). The van der Waals surface area contributed by atoms with Gasteiger partial charge in [-0.15, -0.1) is 0 Å². The zero-order valence-corrected chi connectivity index (χ0v) is 9.27. The Morgan fingerprint density at radius 2 is 1.78 bits per heavy atom. The van der Waals surface area contributed by atoms with Crippen LogP contribution in [0.15, 0.2) is 0 Å². The molecule has 9 heavy (non-hydrogen) atoms. The molecule has 0 aromatic carbocycles. The molecule has 0 saturated carbocycles. The van der Waals surface area contributed by atoms with Crippen molar-refractivity contribution < 1.29 is 8.85 Å². The van der Waals surface area contributed by atoms with E-state index in [1.54, 1.807) is 14.2 Å². The molecule has 0 spiro atoms. The number of hydrogen-bond acceptors (Lipinski definition) is 2. The van der Waals surface area contributed by atoms with Gasteiger partial charge in [-0.05, 0) is 12.6 Å². The second-order valence-corrected chi connectivity index (χ2v) is 6.64. The summed E-state index contributed by atoms with van der Waals surface area (Å²) in [6.45, 7) is 2.08. The van der Waals surface area contributed by atoms with Gasteiger partial charge in [0.1, 0.15) is 0 Å². The lowest BCUT2D eigenvalue weighted by molar-refractivity contribution is 0.252. The zero-order chi connectivity index (χ0) is 7.33. The summed E-state index contributed by atoms with van der Waals surface area (Å²) >= 11 is 2.33. The van der Waals surface area contributed by atoms with E-state index in [0.717, 1.165) is 10.5 Å². The number of hydrogen-bond donors (Lipinski definition) is 0. The van der Waals surface area contributed by atoms with Gasteiger partial charge >= 0.3 is 8.56 Å². The fourth-order valence-electron chi connectivity index (χ4n) is 0.459. The molecule has 0 radical (unpaired) electrons. The van der Waals surface area contributed by atoms with Gasteiger partial charge in [-0.3, -0.25) is 0 Å². The first-order chi connectivity index (χ1) is 4.18. The van der Waals surface area contributed by atoms with Gasteiger partial charge in [0, 0.05) is 18.6 Å². The number of halogens is 1. The molecule has 0 aliphatic heterocycles. The Bertz CT molecular complexity index is 75.4. The fraction of sp³-hybridized carbons (Fsp3) is 1.00. The Balaban J connectivity index is 3.62. The van der Waals surface area contributed by atoms with Crippen molar-refractivity contribution in [2.75, 3.05) is 18.6 Å². The maximum Gasteiger partial charge on any atom is 0.335 e. The Morgan fingerprint density at radius 1 is 1.33 bits per heavy atom. The molecule has 0 saturated heterocycles. The quantitative estimate of drug-likeness (QED) is 0.436. The fourth-order valence-corrected chi connectivity index (χ4v) is 4.32. The highest BCUT2D eigenvalue weighted by Crippen LogP contribution is 2.11. The monoisotopic (exact) mass is 260 g/mol. The van der Waals surface area contributed by atoms with Crippen molar-refractivity contribution in [3.05, 3.63) is 0 Å². The van der Waals surface area contributed by atoms with Crippen LogP contribution < -0.4 is 0 Å². The summed E-state index contributed by atoms with van der Waals surface area (Å²) in [5, 5.41) is 0. The molecule has 0 bridgehead atoms. The predicted molar refractivity (Wildman–Crippen MR) is 49.3 cm³/mol. The molecular formula is C5H13IO2Si. The molecular weight excluding hydrogens is 247 g/mol. The second-order valence-electron chi connectivity index (χ2n) is 1.98. The first kappa shape index (κ1) is 9.87. The van der Waals surface area contributed by atoms with E-state index >= 15 is 0 Å². The zero-order valence-electron chi connectivity index (χ0n) is 6.11. The van der Waals surface area contributed by atoms with Gasteiger partial charge in [-0.25, -0.2) is 0 Å². The van der Waals surface area contributed by atoms with Crippen LogP contribution in [0.5, 0.6) is 0 Å². The molecule has 0 aliphatic carbocycles. The molecule has 0 aromatic rings. The van der Waals surface area contributed by atoms with Crippen LogP contribution in [-0.2, 0) is 8.85 Å². The van der Waals surface area contributed by atoms with E-state index in [0.29, 0.717) is 0 Å². The predicted octanol–water partition coefficient (Wildman–Crippen LogP) is 1.79. The van der Waals surface area contributed by atoms with Crippen LogP contribution in [0, 0.1) is 0 Å². The van der Waals surface area contributed by atoms with E-state index < -0.39 is 8.56 Å². The minimum Gasteiger partial charge on any atom is -0.398 e. The van der Waals surface area contributed by atoms with Gasteiger partial charge < -0.3 is 8.85 Å². The third-order valence-electron chi connectivity index (χ3n) is 1.41. The van der Waals surface area contributed by atoms with Crippen LogP contribution in [-0.4, -0.2) is 27.2 Å². The minimum absolute atomic E-state index is 1.07. The topological polar surface area (TPSA) is 18.5 Å². The van der Waals surface area contributed by atoms with E-state index in [2.05, 4.69) is 29.1 Å². The van der Waals surface area contributed by atoms with E-state index in [4.69, 9.17) is 8.85 Å². The highest BCUT2D eigenvalue weighted by Gasteiger charge is 2.26. The molecule has 0 fully saturated rings. The van der Waals surface area contributed by atoms with Gasteiger partial charge in [-0.1, -0.05) is 22.6 Å². The summed E-state index contributed by atoms with van der Waals surface area (Å²) in [5.41, 5.74) is 0. The van der Waals surface area contributed by atoms with Gasteiger partial charge in [0.25, 0.3) is 0 Å². The summed E-state index contributed by atoms with van der Waals surface area (Å²) in [4.78, 5) is 0. The summed E-state index contributed by atoms with van der Waals surface area (Å²) in [6, 6.07) is 1.07. The largest absolute Gasteiger partial charge is 0.398 e. The lowest BCUT2D eigenvalue weighted by atomic mass is 11.0. The molecule has 0 heterocycles. The van der Waals surface area contributed by atoms with E-state index in [1.807, 2.05) is 0 Å². The maximum atomic E-state index is 5.24. The molecule has 0 aliphatic rings. The van der Waals surface area contributed by atoms with E-state index in [-0.39, 0.29) is 0 Å². The van der Waals surface area contributed by atoms with Gasteiger partial charge in [0.2, 0.25) is 0 Å². The van der Waals surface area contributed by atoms with Crippen molar-refractivity contribution >= 4 is 31.2 Å². The summed E-state index contributed by atoms with van der Waals surface area (Å²) in [5.74, 6) is 0.